The number of rotatable bonds is 6. The number of aliphatic hydroxyl groups is 1. The topological polar surface area (TPSA) is 115 Å². The van der Waals surface area contributed by atoms with E-state index in [1.54, 1.807) is 0 Å². The first-order valence-electron chi connectivity index (χ1n) is 5.45. The van der Waals surface area contributed by atoms with E-state index in [0.29, 0.717) is 0 Å². The SMILES string of the molecule is O=C(O)CCCC(=O)N1C(CO)SCC1C(=O)O. The predicted molar refractivity (Wildman–Crippen MR) is 63.1 cm³/mol. The summed E-state index contributed by atoms with van der Waals surface area (Å²) < 4.78 is 0. The van der Waals surface area contributed by atoms with Gasteiger partial charge in [-0.15, -0.1) is 11.8 Å². The lowest BCUT2D eigenvalue weighted by molar-refractivity contribution is -0.149. The molecule has 1 heterocycles. The van der Waals surface area contributed by atoms with Crippen LogP contribution in [-0.4, -0.2) is 61.8 Å². The molecule has 1 fully saturated rings. The Morgan fingerprint density at radius 1 is 1.22 bits per heavy atom. The van der Waals surface area contributed by atoms with E-state index in [0.717, 1.165) is 4.90 Å². The van der Waals surface area contributed by atoms with Crippen molar-refractivity contribution in [2.24, 2.45) is 0 Å². The third kappa shape index (κ3) is 3.61. The summed E-state index contributed by atoms with van der Waals surface area (Å²) >= 11 is 1.21. The molecule has 1 rings (SSSR count). The molecule has 1 aliphatic rings. The van der Waals surface area contributed by atoms with Crippen LogP contribution >= 0.6 is 11.8 Å². The number of thioether (sulfide) groups is 1. The maximum absolute atomic E-state index is 11.9. The number of carbonyl (C=O) groups is 3. The van der Waals surface area contributed by atoms with Crippen LogP contribution in [0.2, 0.25) is 0 Å². The predicted octanol–water partition coefficient (Wildman–Crippen LogP) is -0.412. The lowest BCUT2D eigenvalue weighted by Gasteiger charge is -2.26. The molecule has 102 valence electrons. The zero-order valence-corrected chi connectivity index (χ0v) is 10.4. The second kappa shape index (κ2) is 6.60. The molecule has 8 heteroatoms. The van der Waals surface area contributed by atoms with E-state index in [4.69, 9.17) is 15.3 Å². The summed E-state index contributed by atoms with van der Waals surface area (Å²) in [5, 5.41) is 26.0. The van der Waals surface area contributed by atoms with Gasteiger partial charge in [-0.3, -0.25) is 9.59 Å². The smallest absolute Gasteiger partial charge is 0.327 e. The van der Waals surface area contributed by atoms with Gasteiger partial charge < -0.3 is 20.2 Å². The Morgan fingerprint density at radius 2 is 1.89 bits per heavy atom. The summed E-state index contributed by atoms with van der Waals surface area (Å²) in [6.45, 7) is -0.306. The number of aliphatic hydroxyl groups excluding tert-OH is 1. The van der Waals surface area contributed by atoms with Crippen LogP contribution in [0.3, 0.4) is 0 Å². The van der Waals surface area contributed by atoms with Gasteiger partial charge in [-0.1, -0.05) is 0 Å². The number of carboxylic acid groups (broad SMARTS) is 2. The molecule has 1 amide bonds. The highest BCUT2D eigenvalue weighted by atomic mass is 32.2. The first kappa shape index (κ1) is 14.8. The van der Waals surface area contributed by atoms with Crippen LogP contribution in [-0.2, 0) is 14.4 Å². The van der Waals surface area contributed by atoms with Crippen molar-refractivity contribution in [2.45, 2.75) is 30.7 Å². The summed E-state index contributed by atoms with van der Waals surface area (Å²) in [6.07, 6.45) is 0.0151. The van der Waals surface area contributed by atoms with Crippen molar-refractivity contribution in [2.75, 3.05) is 12.4 Å². The Labute approximate surface area is 108 Å². The van der Waals surface area contributed by atoms with Gasteiger partial charge in [-0.05, 0) is 6.42 Å². The molecular weight excluding hydrogens is 262 g/mol. The molecule has 2 unspecified atom stereocenters. The largest absolute Gasteiger partial charge is 0.481 e. The summed E-state index contributed by atoms with van der Waals surface area (Å²) in [5.74, 6) is -2.28. The Hall–Kier alpha value is -1.28. The summed E-state index contributed by atoms with van der Waals surface area (Å²) in [6, 6.07) is -0.940. The van der Waals surface area contributed by atoms with E-state index in [1.165, 1.54) is 11.8 Å². The van der Waals surface area contributed by atoms with E-state index >= 15 is 0 Å². The van der Waals surface area contributed by atoms with Gasteiger partial charge in [0, 0.05) is 18.6 Å². The number of amides is 1. The van der Waals surface area contributed by atoms with Crippen molar-refractivity contribution in [3.8, 4) is 0 Å². The Morgan fingerprint density at radius 3 is 2.39 bits per heavy atom. The van der Waals surface area contributed by atoms with Crippen molar-refractivity contribution in [3.63, 3.8) is 0 Å². The summed E-state index contributed by atoms with van der Waals surface area (Å²) in [5.41, 5.74) is 0. The molecule has 0 saturated carbocycles. The van der Waals surface area contributed by atoms with E-state index < -0.39 is 29.3 Å². The van der Waals surface area contributed by atoms with Crippen molar-refractivity contribution >= 4 is 29.6 Å². The second-order valence-corrected chi connectivity index (χ2v) is 5.08. The van der Waals surface area contributed by atoms with Crippen LogP contribution in [0.15, 0.2) is 0 Å². The monoisotopic (exact) mass is 277 g/mol. The summed E-state index contributed by atoms with van der Waals surface area (Å²) in [4.78, 5) is 34.3. The zero-order chi connectivity index (χ0) is 13.7. The average molecular weight is 277 g/mol. The number of hydrogen-bond donors (Lipinski definition) is 3. The highest BCUT2D eigenvalue weighted by Crippen LogP contribution is 2.29. The van der Waals surface area contributed by atoms with Crippen molar-refractivity contribution in [1.82, 2.24) is 4.90 Å². The van der Waals surface area contributed by atoms with Gasteiger partial charge in [-0.2, -0.15) is 0 Å². The molecule has 0 aromatic carbocycles. The highest BCUT2D eigenvalue weighted by molar-refractivity contribution is 8.00. The number of carbonyl (C=O) groups excluding carboxylic acids is 1. The molecule has 7 nitrogen and oxygen atoms in total. The van der Waals surface area contributed by atoms with Crippen molar-refractivity contribution in [3.05, 3.63) is 0 Å². The molecule has 2 atom stereocenters. The van der Waals surface area contributed by atoms with Crippen LogP contribution in [0, 0.1) is 0 Å². The van der Waals surface area contributed by atoms with Gasteiger partial charge in [0.1, 0.15) is 11.4 Å². The van der Waals surface area contributed by atoms with Gasteiger partial charge >= 0.3 is 11.9 Å². The van der Waals surface area contributed by atoms with E-state index in [2.05, 4.69) is 0 Å². The van der Waals surface area contributed by atoms with Crippen LogP contribution in [0.25, 0.3) is 0 Å². The van der Waals surface area contributed by atoms with E-state index in [1.807, 2.05) is 0 Å². The maximum atomic E-state index is 11.9. The van der Waals surface area contributed by atoms with Gasteiger partial charge in [0.15, 0.2) is 0 Å². The minimum atomic E-state index is -1.11. The average Bonchev–Trinajstić information content (AvgIpc) is 2.71. The quantitative estimate of drug-likeness (QED) is 0.604. The molecular formula is C10H15NO6S. The molecule has 0 aromatic heterocycles. The Kier molecular flexibility index (Phi) is 5.42. The van der Waals surface area contributed by atoms with E-state index in [-0.39, 0.29) is 31.6 Å². The third-order valence-corrected chi connectivity index (χ3v) is 3.87. The first-order chi connectivity index (χ1) is 8.47. The Balaban J connectivity index is 2.60. The molecule has 1 saturated heterocycles. The standard InChI is InChI=1S/C10H15NO6S/c12-4-8-11(6(5-18-8)10(16)17)7(13)2-1-3-9(14)15/h6,8,12H,1-5H2,(H,14,15)(H,16,17). The molecule has 0 aliphatic carbocycles. The molecule has 1 aliphatic heterocycles. The van der Waals surface area contributed by atoms with Crippen molar-refractivity contribution in [1.29, 1.82) is 0 Å². The van der Waals surface area contributed by atoms with Gasteiger partial charge in [0.05, 0.1) is 6.61 Å². The first-order valence-corrected chi connectivity index (χ1v) is 6.50. The minimum absolute atomic E-state index is 0.0207. The molecule has 0 radical (unpaired) electrons. The van der Waals surface area contributed by atoms with Crippen LogP contribution < -0.4 is 0 Å². The lowest BCUT2D eigenvalue weighted by Crippen LogP contribution is -2.46. The van der Waals surface area contributed by atoms with Crippen molar-refractivity contribution < 1.29 is 29.7 Å². The maximum Gasteiger partial charge on any atom is 0.327 e. The number of carboxylic acids is 2. The summed E-state index contributed by atoms with van der Waals surface area (Å²) in [7, 11) is 0. The fraction of sp³-hybridized carbons (Fsp3) is 0.700. The van der Waals surface area contributed by atoms with Gasteiger partial charge in [0.2, 0.25) is 5.91 Å². The van der Waals surface area contributed by atoms with Crippen LogP contribution in [0.4, 0.5) is 0 Å². The lowest BCUT2D eigenvalue weighted by atomic mass is 10.2. The van der Waals surface area contributed by atoms with E-state index in [9.17, 15) is 14.4 Å². The van der Waals surface area contributed by atoms with Gasteiger partial charge in [-0.25, -0.2) is 4.79 Å². The fourth-order valence-corrected chi connectivity index (χ4v) is 2.99. The molecule has 3 N–H and O–H groups in total. The number of nitrogens with zero attached hydrogens (tertiary/aromatic N) is 1. The third-order valence-electron chi connectivity index (χ3n) is 2.60. The Bertz CT molecular complexity index is 347. The molecule has 18 heavy (non-hydrogen) atoms. The normalized spacial score (nSPS) is 23.1. The van der Waals surface area contributed by atoms with Gasteiger partial charge in [0.25, 0.3) is 0 Å². The number of hydrogen-bond acceptors (Lipinski definition) is 5. The molecule has 0 spiro atoms. The fourth-order valence-electron chi connectivity index (χ4n) is 1.75. The molecule has 0 bridgehead atoms. The second-order valence-electron chi connectivity index (χ2n) is 3.87. The minimum Gasteiger partial charge on any atom is -0.481 e. The van der Waals surface area contributed by atoms with Crippen LogP contribution in [0.5, 0.6) is 0 Å². The number of aliphatic carboxylic acids is 2. The molecule has 0 aromatic rings. The highest BCUT2D eigenvalue weighted by Gasteiger charge is 2.40. The zero-order valence-electron chi connectivity index (χ0n) is 9.61. The van der Waals surface area contributed by atoms with Crippen LogP contribution in [0.1, 0.15) is 19.3 Å².